The summed E-state index contributed by atoms with van der Waals surface area (Å²) in [5.41, 5.74) is 0. The second-order valence-electron chi connectivity index (χ2n) is 8.06. The highest BCUT2D eigenvalue weighted by Gasteiger charge is 2.50. The standard InChI is InChI=1S/C24H30O3Si/c1-5-17-25-22-16-18-26-23(22)19-27-28(24(2,3)4,20-12-8-6-9-13-20)21-14-10-7-11-15-21/h5-16,18,22-23H,1,17,19H2,2-4H3/t22-,23+/m0/s1. The number of hydrogen-bond acceptors (Lipinski definition) is 3. The van der Waals surface area contributed by atoms with E-state index in [-0.39, 0.29) is 17.2 Å². The van der Waals surface area contributed by atoms with Crippen molar-refractivity contribution in [2.75, 3.05) is 13.2 Å². The quantitative estimate of drug-likeness (QED) is 0.499. The van der Waals surface area contributed by atoms with Gasteiger partial charge in [0.2, 0.25) is 0 Å². The highest BCUT2D eigenvalue weighted by molar-refractivity contribution is 6.99. The van der Waals surface area contributed by atoms with E-state index in [9.17, 15) is 0 Å². The molecule has 1 heterocycles. The highest BCUT2D eigenvalue weighted by atomic mass is 28.4. The lowest BCUT2D eigenvalue weighted by Gasteiger charge is -2.43. The van der Waals surface area contributed by atoms with Gasteiger partial charge in [0.25, 0.3) is 8.32 Å². The lowest BCUT2D eigenvalue weighted by molar-refractivity contribution is -0.00796. The average Bonchev–Trinajstić information content (AvgIpc) is 3.15. The Bertz CT molecular complexity index is 741. The molecule has 3 nitrogen and oxygen atoms in total. The third-order valence-electron chi connectivity index (χ3n) is 5.18. The van der Waals surface area contributed by atoms with Gasteiger partial charge >= 0.3 is 0 Å². The van der Waals surface area contributed by atoms with Gasteiger partial charge in [0.05, 0.1) is 19.5 Å². The highest BCUT2D eigenvalue weighted by Crippen LogP contribution is 2.37. The number of hydrogen-bond donors (Lipinski definition) is 0. The molecular formula is C24H30O3Si. The van der Waals surface area contributed by atoms with Crippen molar-refractivity contribution in [3.63, 3.8) is 0 Å². The minimum Gasteiger partial charge on any atom is -0.493 e. The minimum absolute atomic E-state index is 0.0563. The Morgan fingerprint density at radius 3 is 2.07 bits per heavy atom. The Morgan fingerprint density at radius 1 is 1.00 bits per heavy atom. The Hall–Kier alpha value is -2.14. The molecule has 0 radical (unpaired) electrons. The largest absolute Gasteiger partial charge is 0.493 e. The maximum atomic E-state index is 6.93. The molecule has 28 heavy (non-hydrogen) atoms. The summed E-state index contributed by atoms with van der Waals surface area (Å²) in [4.78, 5) is 0. The molecule has 0 N–H and O–H groups in total. The molecule has 0 aromatic heterocycles. The summed E-state index contributed by atoms with van der Waals surface area (Å²) in [6, 6.07) is 21.3. The Morgan fingerprint density at radius 2 is 1.57 bits per heavy atom. The molecule has 0 saturated heterocycles. The van der Waals surface area contributed by atoms with Crippen molar-refractivity contribution in [2.45, 2.75) is 38.0 Å². The van der Waals surface area contributed by atoms with Crippen LogP contribution in [-0.2, 0) is 13.9 Å². The van der Waals surface area contributed by atoms with Crippen LogP contribution in [0, 0.1) is 0 Å². The normalized spacial score (nSPS) is 19.4. The van der Waals surface area contributed by atoms with Gasteiger partial charge in [-0.25, -0.2) is 0 Å². The molecule has 148 valence electrons. The predicted octanol–water partition coefficient (Wildman–Crippen LogP) is 4.05. The van der Waals surface area contributed by atoms with Gasteiger partial charge in [0, 0.05) is 0 Å². The first-order valence-corrected chi connectivity index (χ1v) is 11.7. The topological polar surface area (TPSA) is 27.7 Å². The lowest BCUT2D eigenvalue weighted by atomic mass is 10.2. The second-order valence-corrected chi connectivity index (χ2v) is 12.4. The fraction of sp³-hybridized carbons (Fsp3) is 0.333. The molecule has 0 fully saturated rings. The molecule has 2 aromatic carbocycles. The Kier molecular flexibility index (Phi) is 6.55. The maximum absolute atomic E-state index is 6.93. The van der Waals surface area contributed by atoms with Crippen LogP contribution < -0.4 is 10.4 Å². The van der Waals surface area contributed by atoms with Gasteiger partial charge in [-0.15, -0.1) is 6.58 Å². The van der Waals surface area contributed by atoms with Gasteiger partial charge in [-0.2, -0.15) is 0 Å². The molecule has 0 bridgehead atoms. The molecular weight excluding hydrogens is 364 g/mol. The summed E-state index contributed by atoms with van der Waals surface area (Å²) >= 11 is 0. The first-order chi connectivity index (χ1) is 13.5. The SMILES string of the molecule is C=CCO[C@H]1C=CO[C@@H]1CO[Si](c1ccccc1)(c1ccccc1)C(C)(C)C. The summed E-state index contributed by atoms with van der Waals surface area (Å²) < 4.78 is 18.6. The van der Waals surface area contributed by atoms with Crippen molar-refractivity contribution in [1.82, 2.24) is 0 Å². The maximum Gasteiger partial charge on any atom is 0.261 e. The number of ether oxygens (including phenoxy) is 2. The molecule has 0 amide bonds. The van der Waals surface area contributed by atoms with Crippen LogP contribution in [0.3, 0.4) is 0 Å². The van der Waals surface area contributed by atoms with Crippen molar-refractivity contribution in [2.24, 2.45) is 0 Å². The van der Waals surface area contributed by atoms with Crippen LogP contribution in [0.5, 0.6) is 0 Å². The van der Waals surface area contributed by atoms with Crippen LogP contribution in [0.25, 0.3) is 0 Å². The molecule has 0 spiro atoms. The van der Waals surface area contributed by atoms with E-state index in [4.69, 9.17) is 13.9 Å². The van der Waals surface area contributed by atoms with E-state index in [2.05, 4.69) is 88.0 Å². The van der Waals surface area contributed by atoms with E-state index in [0.29, 0.717) is 13.2 Å². The summed E-state index contributed by atoms with van der Waals surface area (Å²) in [7, 11) is -2.56. The fourth-order valence-electron chi connectivity index (χ4n) is 3.87. The summed E-state index contributed by atoms with van der Waals surface area (Å²) in [5, 5.41) is 2.48. The van der Waals surface area contributed by atoms with Crippen molar-refractivity contribution >= 4 is 18.7 Å². The second kappa shape index (κ2) is 8.91. The fourth-order valence-corrected chi connectivity index (χ4v) is 8.44. The summed E-state index contributed by atoms with van der Waals surface area (Å²) in [5.74, 6) is 0. The number of rotatable bonds is 8. The molecule has 0 unspecified atom stereocenters. The van der Waals surface area contributed by atoms with Gasteiger partial charge in [0.15, 0.2) is 0 Å². The molecule has 0 saturated carbocycles. The van der Waals surface area contributed by atoms with Gasteiger partial charge in [-0.3, -0.25) is 0 Å². The third kappa shape index (κ3) is 4.14. The molecule has 2 aromatic rings. The zero-order valence-corrected chi connectivity index (χ0v) is 18.0. The molecule has 3 rings (SSSR count). The Labute approximate surface area is 169 Å². The van der Waals surface area contributed by atoms with E-state index >= 15 is 0 Å². The van der Waals surface area contributed by atoms with E-state index in [1.54, 1.807) is 12.3 Å². The van der Waals surface area contributed by atoms with Gasteiger partial charge in [-0.1, -0.05) is 87.5 Å². The monoisotopic (exact) mass is 394 g/mol. The van der Waals surface area contributed by atoms with Gasteiger partial charge in [-0.05, 0) is 21.5 Å². The van der Waals surface area contributed by atoms with E-state index in [1.165, 1.54) is 10.4 Å². The first-order valence-electron chi connectivity index (χ1n) is 9.78. The zero-order valence-electron chi connectivity index (χ0n) is 17.0. The van der Waals surface area contributed by atoms with Crippen LogP contribution in [0.15, 0.2) is 85.7 Å². The Balaban J connectivity index is 1.96. The minimum atomic E-state index is -2.56. The molecule has 0 aliphatic carbocycles. The van der Waals surface area contributed by atoms with Crippen molar-refractivity contribution in [3.05, 3.63) is 85.7 Å². The van der Waals surface area contributed by atoms with E-state index in [1.807, 2.05) is 6.08 Å². The van der Waals surface area contributed by atoms with Crippen LogP contribution in [0.1, 0.15) is 20.8 Å². The van der Waals surface area contributed by atoms with Crippen LogP contribution in [0.4, 0.5) is 0 Å². The number of benzene rings is 2. The molecule has 4 heteroatoms. The summed E-state index contributed by atoms with van der Waals surface area (Å²) in [6.07, 6.45) is 5.15. The van der Waals surface area contributed by atoms with Crippen LogP contribution in [0.2, 0.25) is 5.04 Å². The molecule has 2 atom stereocenters. The van der Waals surface area contributed by atoms with Gasteiger partial charge < -0.3 is 13.9 Å². The van der Waals surface area contributed by atoms with Gasteiger partial charge in [0.1, 0.15) is 12.2 Å². The average molecular weight is 395 g/mol. The molecule has 1 aliphatic heterocycles. The summed E-state index contributed by atoms with van der Waals surface area (Å²) in [6.45, 7) is 11.5. The van der Waals surface area contributed by atoms with Crippen molar-refractivity contribution in [1.29, 1.82) is 0 Å². The first kappa shape index (κ1) is 20.6. The zero-order chi connectivity index (χ0) is 20.0. The molecule has 1 aliphatic rings. The van der Waals surface area contributed by atoms with E-state index in [0.717, 1.165) is 0 Å². The van der Waals surface area contributed by atoms with Crippen molar-refractivity contribution in [3.8, 4) is 0 Å². The smallest absolute Gasteiger partial charge is 0.261 e. The van der Waals surface area contributed by atoms with Crippen LogP contribution >= 0.6 is 0 Å². The predicted molar refractivity (Wildman–Crippen MR) is 118 cm³/mol. The van der Waals surface area contributed by atoms with Crippen LogP contribution in [-0.4, -0.2) is 33.7 Å². The lowest BCUT2D eigenvalue weighted by Crippen LogP contribution is -2.67. The third-order valence-corrected chi connectivity index (χ3v) is 10.2. The van der Waals surface area contributed by atoms with E-state index < -0.39 is 8.32 Å². The van der Waals surface area contributed by atoms with Crippen molar-refractivity contribution < 1.29 is 13.9 Å².